The van der Waals surface area contributed by atoms with Gasteiger partial charge in [0, 0.05) is 24.8 Å². The quantitative estimate of drug-likeness (QED) is 0.596. The highest BCUT2D eigenvalue weighted by Crippen LogP contribution is 2.24. The average Bonchev–Trinajstić information content (AvgIpc) is 2.67. The molecule has 5 nitrogen and oxygen atoms in total. The smallest absolute Gasteiger partial charge is 0.321 e. The minimum Gasteiger partial charge on any atom is -0.411 e. The van der Waals surface area contributed by atoms with Crippen molar-refractivity contribution in [3.63, 3.8) is 0 Å². The number of hydrogen-bond acceptors (Lipinski definition) is 3. The van der Waals surface area contributed by atoms with E-state index in [1.807, 2.05) is 0 Å². The van der Waals surface area contributed by atoms with Crippen LogP contribution in [0.25, 0.3) is 11.1 Å². The molecule has 2 aromatic rings. The van der Waals surface area contributed by atoms with Gasteiger partial charge in [0.25, 0.3) is 0 Å². The van der Waals surface area contributed by atoms with Crippen LogP contribution >= 0.6 is 0 Å². The number of nitrogens with zero attached hydrogens (tertiary/aromatic N) is 2. The zero-order chi connectivity index (χ0) is 19.4. The lowest BCUT2D eigenvalue weighted by atomic mass is 9.93. The SMILES string of the molecule is CN(C(=O)Nc1ccc(-c2cc(F)cc(F)c2)cc1)C1CCC(=NO)CC1. The largest absolute Gasteiger partial charge is 0.411 e. The molecule has 2 amide bonds. The van der Waals surface area contributed by atoms with Crippen LogP contribution in [0.2, 0.25) is 0 Å². The summed E-state index contributed by atoms with van der Waals surface area (Å²) in [5.41, 5.74) is 2.46. The number of nitrogens with one attached hydrogen (secondary N) is 1. The number of rotatable bonds is 3. The van der Waals surface area contributed by atoms with Crippen molar-refractivity contribution < 1.29 is 18.8 Å². The summed E-state index contributed by atoms with van der Waals surface area (Å²) in [7, 11) is 1.74. The van der Waals surface area contributed by atoms with Gasteiger partial charge in [0.1, 0.15) is 11.6 Å². The Morgan fingerprint density at radius 2 is 1.67 bits per heavy atom. The summed E-state index contributed by atoms with van der Waals surface area (Å²) in [6, 6.07) is 10.0. The van der Waals surface area contributed by atoms with Crippen LogP contribution < -0.4 is 5.32 Å². The Kier molecular flexibility index (Phi) is 5.69. The molecule has 7 heteroatoms. The fourth-order valence-electron chi connectivity index (χ4n) is 3.27. The van der Waals surface area contributed by atoms with Crippen molar-refractivity contribution in [3.05, 3.63) is 54.1 Å². The Morgan fingerprint density at radius 3 is 2.22 bits per heavy atom. The van der Waals surface area contributed by atoms with E-state index < -0.39 is 11.6 Å². The summed E-state index contributed by atoms with van der Waals surface area (Å²) in [4.78, 5) is 14.1. The Morgan fingerprint density at radius 1 is 1.07 bits per heavy atom. The number of hydrogen-bond donors (Lipinski definition) is 2. The van der Waals surface area contributed by atoms with Crippen LogP contribution in [-0.4, -0.2) is 34.9 Å². The molecule has 0 unspecified atom stereocenters. The maximum absolute atomic E-state index is 13.4. The van der Waals surface area contributed by atoms with Crippen LogP contribution in [0.3, 0.4) is 0 Å². The summed E-state index contributed by atoms with van der Waals surface area (Å²) in [6.07, 6.45) is 2.87. The number of anilines is 1. The number of urea groups is 1. The second-order valence-corrected chi connectivity index (χ2v) is 6.67. The summed E-state index contributed by atoms with van der Waals surface area (Å²) in [6.45, 7) is 0. The van der Waals surface area contributed by atoms with Crippen molar-refractivity contribution in [2.45, 2.75) is 31.7 Å². The third kappa shape index (κ3) is 4.61. The first-order valence-electron chi connectivity index (χ1n) is 8.76. The van der Waals surface area contributed by atoms with Crippen molar-refractivity contribution in [1.29, 1.82) is 0 Å². The fraction of sp³-hybridized carbons (Fsp3) is 0.300. The van der Waals surface area contributed by atoms with E-state index in [-0.39, 0.29) is 12.1 Å². The molecule has 0 heterocycles. The van der Waals surface area contributed by atoms with E-state index in [1.165, 1.54) is 12.1 Å². The zero-order valence-electron chi connectivity index (χ0n) is 15.0. The van der Waals surface area contributed by atoms with Crippen molar-refractivity contribution in [2.75, 3.05) is 12.4 Å². The number of carbonyl (C=O) groups excluding carboxylic acids is 1. The number of oxime groups is 1. The standard InChI is InChI=1S/C20H21F2N3O2/c1-25(19-8-6-18(24-27)7-9-19)20(26)23-17-4-2-13(3-5-17)14-10-15(21)12-16(22)11-14/h2-5,10-12,19,27H,6-9H2,1H3,(H,23,26). The average molecular weight is 373 g/mol. The van der Waals surface area contributed by atoms with Crippen LogP contribution in [0.5, 0.6) is 0 Å². The Balaban J connectivity index is 1.63. The van der Waals surface area contributed by atoms with Crippen LogP contribution in [0, 0.1) is 11.6 Å². The normalized spacial score (nSPS) is 16.7. The molecule has 0 spiro atoms. The lowest BCUT2D eigenvalue weighted by Gasteiger charge is -2.31. The van der Waals surface area contributed by atoms with Gasteiger partial charge in [-0.1, -0.05) is 17.3 Å². The first-order valence-corrected chi connectivity index (χ1v) is 8.76. The molecule has 0 saturated heterocycles. The zero-order valence-corrected chi connectivity index (χ0v) is 15.0. The van der Waals surface area contributed by atoms with Gasteiger partial charge in [0.15, 0.2) is 0 Å². The van der Waals surface area contributed by atoms with Gasteiger partial charge in [-0.15, -0.1) is 0 Å². The second kappa shape index (κ2) is 8.16. The first-order chi connectivity index (χ1) is 13.0. The number of benzene rings is 2. The molecular weight excluding hydrogens is 352 g/mol. The lowest BCUT2D eigenvalue weighted by molar-refractivity contribution is 0.195. The van der Waals surface area contributed by atoms with Crippen molar-refractivity contribution in [1.82, 2.24) is 4.90 Å². The molecule has 2 N–H and O–H groups in total. The predicted molar refractivity (Wildman–Crippen MR) is 100 cm³/mol. The summed E-state index contributed by atoms with van der Waals surface area (Å²) >= 11 is 0. The summed E-state index contributed by atoms with van der Waals surface area (Å²) in [5.74, 6) is -1.27. The van der Waals surface area contributed by atoms with Crippen molar-refractivity contribution in [2.24, 2.45) is 5.16 Å². The second-order valence-electron chi connectivity index (χ2n) is 6.67. The highest BCUT2D eigenvalue weighted by molar-refractivity contribution is 5.90. The number of halogens is 2. The van der Waals surface area contributed by atoms with Gasteiger partial charge in [-0.25, -0.2) is 13.6 Å². The molecule has 0 aliphatic heterocycles. The maximum Gasteiger partial charge on any atom is 0.321 e. The molecule has 27 heavy (non-hydrogen) atoms. The fourth-order valence-corrected chi connectivity index (χ4v) is 3.27. The molecule has 0 bridgehead atoms. The van der Waals surface area contributed by atoms with Crippen LogP contribution in [0.15, 0.2) is 47.6 Å². The molecule has 0 aromatic heterocycles. The molecule has 2 aromatic carbocycles. The van der Waals surface area contributed by atoms with Crippen LogP contribution in [0.4, 0.5) is 19.3 Å². The van der Waals surface area contributed by atoms with Crippen LogP contribution in [-0.2, 0) is 0 Å². The molecule has 1 aliphatic carbocycles. The molecule has 0 radical (unpaired) electrons. The van der Waals surface area contributed by atoms with Crippen molar-refractivity contribution in [3.8, 4) is 11.1 Å². The topological polar surface area (TPSA) is 64.9 Å². The highest BCUT2D eigenvalue weighted by Gasteiger charge is 2.24. The van der Waals surface area contributed by atoms with E-state index >= 15 is 0 Å². The molecule has 3 rings (SSSR count). The molecule has 1 fully saturated rings. The van der Waals surface area contributed by atoms with Crippen LogP contribution in [0.1, 0.15) is 25.7 Å². The van der Waals surface area contributed by atoms with E-state index in [4.69, 9.17) is 5.21 Å². The van der Waals surface area contributed by atoms with E-state index in [0.29, 0.717) is 29.7 Å². The van der Waals surface area contributed by atoms with E-state index in [2.05, 4.69) is 10.5 Å². The molecular formula is C20H21F2N3O2. The number of carbonyl (C=O) groups is 1. The third-order valence-corrected chi connectivity index (χ3v) is 4.87. The van der Waals surface area contributed by atoms with Gasteiger partial charge in [-0.05, 0) is 61.1 Å². The van der Waals surface area contributed by atoms with Gasteiger partial charge in [0.05, 0.1) is 5.71 Å². The van der Waals surface area contributed by atoms with Gasteiger partial charge in [-0.3, -0.25) is 0 Å². The first kappa shape index (κ1) is 18.8. The van der Waals surface area contributed by atoms with E-state index in [1.54, 1.807) is 36.2 Å². The highest BCUT2D eigenvalue weighted by atomic mass is 19.1. The van der Waals surface area contributed by atoms with Gasteiger partial charge in [-0.2, -0.15) is 0 Å². The molecule has 1 aliphatic rings. The minimum atomic E-state index is -0.633. The maximum atomic E-state index is 13.4. The lowest BCUT2D eigenvalue weighted by Crippen LogP contribution is -2.41. The molecule has 142 valence electrons. The Bertz CT molecular complexity index is 823. The third-order valence-electron chi connectivity index (χ3n) is 4.87. The Labute approximate surface area is 156 Å². The monoisotopic (exact) mass is 373 g/mol. The van der Waals surface area contributed by atoms with Gasteiger partial charge in [0.2, 0.25) is 0 Å². The van der Waals surface area contributed by atoms with Crippen molar-refractivity contribution >= 4 is 17.4 Å². The molecule has 1 saturated carbocycles. The Hall–Kier alpha value is -2.96. The van der Waals surface area contributed by atoms with Gasteiger partial charge >= 0.3 is 6.03 Å². The predicted octanol–water partition coefficient (Wildman–Crippen LogP) is 4.87. The molecule has 0 atom stereocenters. The number of amides is 2. The van der Waals surface area contributed by atoms with E-state index in [0.717, 1.165) is 24.6 Å². The van der Waals surface area contributed by atoms with E-state index in [9.17, 15) is 13.6 Å². The summed E-state index contributed by atoms with van der Waals surface area (Å²) in [5, 5.41) is 14.9. The minimum absolute atomic E-state index is 0.0880. The van der Waals surface area contributed by atoms with Gasteiger partial charge < -0.3 is 15.4 Å². The summed E-state index contributed by atoms with van der Waals surface area (Å²) < 4.78 is 26.7.